The number of hydrogen-bond acceptors (Lipinski definition) is 2. The molecule has 24 heavy (non-hydrogen) atoms. The van der Waals surface area contributed by atoms with Crippen molar-refractivity contribution in [3.63, 3.8) is 0 Å². The van der Waals surface area contributed by atoms with Gasteiger partial charge in [0.25, 0.3) is 5.91 Å². The van der Waals surface area contributed by atoms with Crippen LogP contribution in [0.3, 0.4) is 0 Å². The fourth-order valence-corrected chi connectivity index (χ4v) is 3.56. The molecule has 0 aliphatic carbocycles. The highest BCUT2D eigenvalue weighted by Gasteiger charge is 2.27. The van der Waals surface area contributed by atoms with Crippen LogP contribution in [0, 0.1) is 0 Å². The summed E-state index contributed by atoms with van der Waals surface area (Å²) in [5.74, 6) is 0.467. The van der Waals surface area contributed by atoms with Gasteiger partial charge in [-0.1, -0.05) is 37.1 Å². The minimum atomic E-state index is 0.0889. The molecule has 0 bridgehead atoms. The molecule has 128 valence electrons. The molecule has 1 aromatic carbocycles. The number of aryl methyl sites for hydroxylation is 2. The number of benzene rings is 1. The largest absolute Gasteiger partial charge is 0.337 e. The number of likely N-dealkylation sites (tertiary alicyclic amines) is 1. The first-order valence-corrected chi connectivity index (χ1v) is 9.04. The molecule has 2 heterocycles. The second-order valence-electron chi connectivity index (χ2n) is 6.54. The topological polar surface area (TPSA) is 38.1 Å². The number of nitrogens with zero attached hydrogens (tertiary/aromatic N) is 3. The van der Waals surface area contributed by atoms with Crippen molar-refractivity contribution in [2.24, 2.45) is 7.05 Å². The molecule has 1 aromatic heterocycles. The van der Waals surface area contributed by atoms with E-state index in [9.17, 15) is 4.79 Å². The van der Waals surface area contributed by atoms with Crippen LogP contribution in [0.15, 0.2) is 30.3 Å². The van der Waals surface area contributed by atoms with E-state index in [2.05, 4.69) is 24.2 Å². The Morgan fingerprint density at radius 2 is 2.08 bits per heavy atom. The molecule has 1 saturated heterocycles. The summed E-state index contributed by atoms with van der Waals surface area (Å²) < 4.78 is 1.72. The van der Waals surface area contributed by atoms with Crippen LogP contribution in [-0.4, -0.2) is 33.7 Å². The van der Waals surface area contributed by atoms with Gasteiger partial charge >= 0.3 is 0 Å². The average molecular weight is 346 g/mol. The summed E-state index contributed by atoms with van der Waals surface area (Å²) in [4.78, 5) is 14.9. The third-order valence-corrected chi connectivity index (χ3v) is 4.96. The van der Waals surface area contributed by atoms with Gasteiger partial charge in [-0.2, -0.15) is 5.10 Å². The van der Waals surface area contributed by atoms with Gasteiger partial charge in [0.05, 0.1) is 5.69 Å². The van der Waals surface area contributed by atoms with Crippen LogP contribution in [0.25, 0.3) is 0 Å². The number of rotatable bonds is 4. The molecule has 5 heteroatoms. The van der Waals surface area contributed by atoms with E-state index in [4.69, 9.17) is 11.6 Å². The van der Waals surface area contributed by atoms with Crippen molar-refractivity contribution >= 4 is 17.5 Å². The van der Waals surface area contributed by atoms with Crippen molar-refractivity contribution in [3.8, 4) is 0 Å². The molecule has 4 nitrogen and oxygen atoms in total. The van der Waals surface area contributed by atoms with Crippen molar-refractivity contribution in [1.29, 1.82) is 0 Å². The fourth-order valence-electron chi connectivity index (χ4n) is 3.44. The minimum absolute atomic E-state index is 0.0889. The first-order valence-electron chi connectivity index (χ1n) is 8.66. The van der Waals surface area contributed by atoms with Crippen LogP contribution in [-0.2, 0) is 13.5 Å². The zero-order valence-electron chi connectivity index (χ0n) is 14.3. The first-order chi connectivity index (χ1) is 11.6. The summed E-state index contributed by atoms with van der Waals surface area (Å²) in [7, 11) is 1.85. The zero-order chi connectivity index (χ0) is 17.1. The average Bonchev–Trinajstić information content (AvgIpc) is 2.96. The number of aromatic nitrogens is 2. The van der Waals surface area contributed by atoms with Crippen LogP contribution in [0.1, 0.15) is 53.8 Å². The van der Waals surface area contributed by atoms with E-state index in [1.54, 1.807) is 4.68 Å². The molecular formula is C19H24ClN3O. The first kappa shape index (κ1) is 17.0. The summed E-state index contributed by atoms with van der Waals surface area (Å²) in [6.45, 7) is 3.70. The van der Waals surface area contributed by atoms with E-state index in [1.807, 2.05) is 30.1 Å². The third-order valence-electron chi connectivity index (χ3n) is 4.71. The van der Waals surface area contributed by atoms with Crippen LogP contribution < -0.4 is 0 Å². The van der Waals surface area contributed by atoms with Crippen LogP contribution in [0.5, 0.6) is 0 Å². The number of piperidine rings is 1. The highest BCUT2D eigenvalue weighted by atomic mass is 35.5. The van der Waals surface area contributed by atoms with Gasteiger partial charge in [-0.15, -0.1) is 0 Å². The van der Waals surface area contributed by atoms with Gasteiger partial charge in [-0.25, -0.2) is 0 Å². The quantitative estimate of drug-likeness (QED) is 0.838. The van der Waals surface area contributed by atoms with Crippen molar-refractivity contribution < 1.29 is 4.79 Å². The minimum Gasteiger partial charge on any atom is -0.337 e. The van der Waals surface area contributed by atoms with E-state index in [1.165, 1.54) is 5.56 Å². The predicted molar refractivity (Wildman–Crippen MR) is 96.5 cm³/mol. The summed E-state index contributed by atoms with van der Waals surface area (Å²) in [5.41, 5.74) is 2.94. The Balaban J connectivity index is 1.74. The number of amides is 1. The van der Waals surface area contributed by atoms with Crippen molar-refractivity contribution in [3.05, 3.63) is 52.3 Å². The Morgan fingerprint density at radius 3 is 2.79 bits per heavy atom. The summed E-state index contributed by atoms with van der Waals surface area (Å²) >= 11 is 5.98. The highest BCUT2D eigenvalue weighted by molar-refractivity contribution is 6.30. The van der Waals surface area contributed by atoms with Gasteiger partial charge in [0, 0.05) is 31.1 Å². The molecule has 0 spiro atoms. The number of carbonyl (C=O) groups is 1. The monoisotopic (exact) mass is 345 g/mol. The molecule has 1 aliphatic rings. The lowest BCUT2D eigenvalue weighted by Gasteiger charge is -2.33. The molecule has 1 fully saturated rings. The Morgan fingerprint density at radius 1 is 1.33 bits per heavy atom. The zero-order valence-corrected chi connectivity index (χ0v) is 15.1. The SMILES string of the molecule is CCCc1cc(C(=O)N2CCC[C@H](c3ccc(Cl)cc3)C2)n(C)n1. The van der Waals surface area contributed by atoms with Gasteiger partial charge in [0.15, 0.2) is 0 Å². The van der Waals surface area contributed by atoms with Crippen LogP contribution in [0.4, 0.5) is 0 Å². The molecule has 0 N–H and O–H groups in total. The molecule has 1 amide bonds. The van der Waals surface area contributed by atoms with Crippen molar-refractivity contribution in [2.45, 2.75) is 38.5 Å². The van der Waals surface area contributed by atoms with E-state index in [-0.39, 0.29) is 5.91 Å². The normalized spacial score (nSPS) is 18.0. The maximum atomic E-state index is 12.9. The van der Waals surface area contributed by atoms with E-state index >= 15 is 0 Å². The fraction of sp³-hybridized carbons (Fsp3) is 0.474. The Labute approximate surface area is 148 Å². The lowest BCUT2D eigenvalue weighted by molar-refractivity contribution is 0.0696. The maximum absolute atomic E-state index is 12.9. The van der Waals surface area contributed by atoms with E-state index in [0.29, 0.717) is 11.6 Å². The van der Waals surface area contributed by atoms with Crippen LogP contribution in [0.2, 0.25) is 5.02 Å². The molecule has 1 aliphatic heterocycles. The number of hydrogen-bond donors (Lipinski definition) is 0. The van der Waals surface area contributed by atoms with Gasteiger partial charge in [-0.3, -0.25) is 9.48 Å². The molecule has 0 radical (unpaired) electrons. The molecule has 3 rings (SSSR count). The molecule has 2 aromatic rings. The lowest BCUT2D eigenvalue weighted by Crippen LogP contribution is -2.39. The van der Waals surface area contributed by atoms with E-state index in [0.717, 1.165) is 49.5 Å². The Kier molecular flexibility index (Phi) is 5.24. The van der Waals surface area contributed by atoms with Crippen molar-refractivity contribution in [1.82, 2.24) is 14.7 Å². The molecule has 1 atom stereocenters. The second-order valence-corrected chi connectivity index (χ2v) is 6.97. The molecule has 0 saturated carbocycles. The predicted octanol–water partition coefficient (Wildman–Crippen LogP) is 4.05. The third kappa shape index (κ3) is 3.64. The molecule has 0 unspecified atom stereocenters. The summed E-state index contributed by atoms with van der Waals surface area (Å²) in [5, 5.41) is 5.21. The number of carbonyl (C=O) groups excluding carboxylic acids is 1. The van der Waals surface area contributed by atoms with Gasteiger partial charge in [0.1, 0.15) is 5.69 Å². The standard InChI is InChI=1S/C19H24ClN3O/c1-3-5-17-12-18(22(2)21-17)19(24)23-11-4-6-15(13-23)14-7-9-16(20)10-8-14/h7-10,12,15H,3-6,11,13H2,1-2H3/t15-/m0/s1. The maximum Gasteiger partial charge on any atom is 0.272 e. The van der Waals surface area contributed by atoms with Crippen LogP contribution >= 0.6 is 11.6 Å². The summed E-state index contributed by atoms with van der Waals surface area (Å²) in [6, 6.07) is 9.94. The number of halogens is 1. The lowest BCUT2D eigenvalue weighted by atomic mass is 9.90. The van der Waals surface area contributed by atoms with E-state index < -0.39 is 0 Å². The Hall–Kier alpha value is -1.81. The molecular weight excluding hydrogens is 322 g/mol. The van der Waals surface area contributed by atoms with Crippen molar-refractivity contribution in [2.75, 3.05) is 13.1 Å². The smallest absolute Gasteiger partial charge is 0.272 e. The van der Waals surface area contributed by atoms with Gasteiger partial charge in [-0.05, 0) is 43.0 Å². The van der Waals surface area contributed by atoms with Gasteiger partial charge < -0.3 is 4.90 Å². The second kappa shape index (κ2) is 7.39. The highest BCUT2D eigenvalue weighted by Crippen LogP contribution is 2.28. The van der Waals surface area contributed by atoms with Gasteiger partial charge in [0.2, 0.25) is 0 Å². The Bertz CT molecular complexity index is 708. The summed E-state index contributed by atoms with van der Waals surface area (Å²) in [6.07, 6.45) is 4.08.